The fourth-order valence-corrected chi connectivity index (χ4v) is 18.7. The van der Waals surface area contributed by atoms with Crippen LogP contribution < -0.4 is 0 Å². The molecule has 0 saturated carbocycles. The highest BCUT2D eigenvalue weighted by molar-refractivity contribution is 6.15. The van der Waals surface area contributed by atoms with Gasteiger partial charge in [-0.3, -0.25) is 0 Å². The molecule has 4 heterocycles. The molecule has 0 aliphatic carbocycles. The molecule has 0 bridgehead atoms. The molecular weight excluding hydrogens is 1690 g/mol. The minimum absolute atomic E-state index is 0.302. The lowest BCUT2D eigenvalue weighted by atomic mass is 9.90. The van der Waals surface area contributed by atoms with E-state index in [4.69, 9.17) is 56.2 Å². The SMILES string of the molecule is [C-]#[N+]c1cc([N+]#[C-])cc(-c2cc(-c3nc(-c4ccccc4)nc(-c4ccccc4)n3)cc(-c3cc(C#N)cc(C#N)c3)c2-n2c3ccc(-c4ccc(C)cc4C)cc3c3cc(-c4ccc(C)cc4C)ccc32)c1.[C-]#[N+]c1cc([N+]#[C-])cc(-c2cc(-c3nc(-c4ccccc4)nc(-c4ccccc4)n3)cc(-c3cc(C#N)cc(C#N)c3)c2-n2c3ccccc3c3cc(-c4ccc(C)cc4C)ccc32)c1. The quantitative estimate of drug-likeness (QED) is 0.0889. The topological polar surface area (TPSA) is 200 Å². The Morgan fingerprint density at radius 1 is 0.210 bits per heavy atom. The third-order valence-electron chi connectivity index (χ3n) is 25.0. The van der Waals surface area contributed by atoms with Crippen LogP contribution in [0.25, 0.3) is 221 Å². The van der Waals surface area contributed by atoms with Crippen LogP contribution in [0.4, 0.5) is 22.7 Å². The molecule has 0 spiro atoms. The van der Waals surface area contributed by atoms with Crippen molar-refractivity contribution in [2.24, 2.45) is 0 Å². The van der Waals surface area contributed by atoms with Gasteiger partial charge in [0.2, 0.25) is 0 Å². The number of hydrogen-bond acceptors (Lipinski definition) is 10. The maximum atomic E-state index is 10.5. The number of aromatic nitrogens is 8. The molecule has 16 nitrogen and oxygen atoms in total. The molecule has 138 heavy (non-hydrogen) atoms. The van der Waals surface area contributed by atoms with Gasteiger partial charge in [0.1, 0.15) is 0 Å². The fourth-order valence-electron chi connectivity index (χ4n) is 18.7. The maximum absolute atomic E-state index is 10.5. The molecule has 0 N–H and O–H groups in total. The second-order valence-electron chi connectivity index (χ2n) is 34.2. The summed E-state index contributed by atoms with van der Waals surface area (Å²) in [5.41, 5.74) is 30.9. The molecule has 0 radical (unpaired) electrons. The third-order valence-corrected chi connectivity index (χ3v) is 25.0. The highest BCUT2D eigenvalue weighted by Gasteiger charge is 2.29. The van der Waals surface area contributed by atoms with Crippen LogP contribution in [0, 0.1) is 113 Å². The number of benzene rings is 17. The highest BCUT2D eigenvalue weighted by atomic mass is 15.1. The molecule has 644 valence electrons. The monoisotopic (exact) mass is 1760 g/mol. The van der Waals surface area contributed by atoms with Crippen LogP contribution >= 0.6 is 0 Å². The largest absolute Gasteiger partial charge is 0.308 e. The zero-order valence-electron chi connectivity index (χ0n) is 75.6. The Morgan fingerprint density at radius 3 is 0.739 bits per heavy atom. The second-order valence-corrected chi connectivity index (χ2v) is 34.2. The van der Waals surface area contributed by atoms with Crippen molar-refractivity contribution in [3.8, 4) is 182 Å². The Bertz CT molecular complexity index is 8460. The van der Waals surface area contributed by atoms with Crippen LogP contribution in [0.2, 0.25) is 0 Å². The molecule has 0 amide bonds. The van der Waals surface area contributed by atoms with E-state index in [2.05, 4.69) is 216 Å². The van der Waals surface area contributed by atoms with Crippen LogP contribution in [-0.2, 0) is 0 Å². The molecule has 0 atom stereocenters. The average molecular weight is 1770 g/mol. The van der Waals surface area contributed by atoms with Crippen LogP contribution in [0.5, 0.6) is 0 Å². The zero-order valence-corrected chi connectivity index (χ0v) is 75.6. The van der Waals surface area contributed by atoms with Gasteiger partial charge in [-0.1, -0.05) is 265 Å². The smallest absolute Gasteiger partial charge is 0.177 e. The Balaban J connectivity index is 0.000000171. The number of nitriles is 4. The molecular formula is C122H76N16. The number of hydrogen-bond donors (Lipinski definition) is 0. The van der Waals surface area contributed by atoms with Crippen molar-refractivity contribution in [2.45, 2.75) is 41.5 Å². The normalized spacial score (nSPS) is 10.9. The first kappa shape index (κ1) is 86.3. The predicted molar refractivity (Wildman–Crippen MR) is 551 cm³/mol. The first-order valence-electron chi connectivity index (χ1n) is 44.6. The van der Waals surface area contributed by atoms with Gasteiger partial charge >= 0.3 is 0 Å². The zero-order chi connectivity index (χ0) is 94.9. The minimum Gasteiger partial charge on any atom is -0.308 e. The average Bonchev–Trinajstić information content (AvgIpc) is 1.56. The van der Waals surface area contributed by atoms with Gasteiger partial charge in [-0.05, 0) is 217 Å². The molecule has 17 aromatic carbocycles. The van der Waals surface area contributed by atoms with Gasteiger partial charge in [0.15, 0.2) is 57.7 Å². The lowest BCUT2D eigenvalue weighted by Gasteiger charge is -2.22. The van der Waals surface area contributed by atoms with Crippen molar-refractivity contribution in [2.75, 3.05) is 0 Å². The van der Waals surface area contributed by atoms with Crippen LogP contribution in [0.1, 0.15) is 55.6 Å². The molecule has 0 aliphatic rings. The summed E-state index contributed by atoms with van der Waals surface area (Å²) in [5.74, 6) is 2.67. The maximum Gasteiger partial charge on any atom is 0.177 e. The van der Waals surface area contributed by atoms with E-state index >= 15 is 0 Å². The third kappa shape index (κ3) is 16.6. The number of rotatable bonds is 15. The fraction of sp³-hybridized carbons (Fsp3) is 0.0492. The second kappa shape index (κ2) is 36.6. The van der Waals surface area contributed by atoms with Crippen LogP contribution in [-0.4, -0.2) is 39.0 Å². The number of para-hydroxylation sites is 1. The van der Waals surface area contributed by atoms with Crippen molar-refractivity contribution in [3.63, 3.8) is 0 Å². The van der Waals surface area contributed by atoms with Crippen molar-refractivity contribution in [1.82, 2.24) is 39.0 Å². The molecule has 21 aromatic rings. The molecule has 0 saturated heterocycles. The summed E-state index contributed by atoms with van der Waals surface area (Å²) in [4.78, 5) is 45.8. The summed E-state index contributed by atoms with van der Waals surface area (Å²) in [5, 5.41) is 45.7. The van der Waals surface area contributed by atoms with Crippen molar-refractivity contribution < 1.29 is 0 Å². The molecule has 4 aromatic heterocycles. The van der Waals surface area contributed by atoms with Crippen LogP contribution in [0.15, 0.2) is 352 Å². The van der Waals surface area contributed by atoms with E-state index in [1.165, 1.54) is 33.4 Å². The molecule has 0 unspecified atom stereocenters. The number of aryl methyl sites for hydroxylation is 6. The van der Waals surface area contributed by atoms with Gasteiger partial charge in [0.05, 0.1) is 106 Å². The summed E-state index contributed by atoms with van der Waals surface area (Å²) >= 11 is 0. The Morgan fingerprint density at radius 2 is 0.464 bits per heavy atom. The van der Waals surface area contributed by atoms with Gasteiger partial charge in [0.25, 0.3) is 0 Å². The van der Waals surface area contributed by atoms with Gasteiger partial charge < -0.3 is 9.13 Å². The van der Waals surface area contributed by atoms with Gasteiger partial charge in [-0.15, -0.1) is 0 Å². The summed E-state index contributed by atoms with van der Waals surface area (Å²) in [7, 11) is 0. The summed E-state index contributed by atoms with van der Waals surface area (Å²) < 4.78 is 4.47. The van der Waals surface area contributed by atoms with E-state index in [0.717, 1.165) is 105 Å². The van der Waals surface area contributed by atoms with E-state index in [1.54, 1.807) is 60.7 Å². The lowest BCUT2D eigenvalue weighted by molar-refractivity contribution is 1.07. The Hall–Kier alpha value is -19.7. The van der Waals surface area contributed by atoms with Crippen molar-refractivity contribution >= 4 is 66.4 Å². The van der Waals surface area contributed by atoms with Crippen molar-refractivity contribution in [1.29, 1.82) is 21.0 Å². The predicted octanol–water partition coefficient (Wildman–Crippen LogP) is 31.1. The molecule has 16 heteroatoms. The first-order valence-corrected chi connectivity index (χ1v) is 44.6. The molecule has 21 rings (SSSR count). The summed E-state index contributed by atoms with van der Waals surface area (Å²) in [6, 6.07) is 125. The summed E-state index contributed by atoms with van der Waals surface area (Å²) in [6.07, 6.45) is 0. The van der Waals surface area contributed by atoms with Gasteiger partial charge in [-0.2, -0.15) is 21.0 Å². The Labute approximate surface area is 797 Å². The Kier molecular flexibility index (Phi) is 22.9. The standard InChI is InChI=1S/C65H42N8.C57H34N8/c1-39-17-21-54(41(3)25-39)47-19-23-60-58(32-47)59-33-48(55-22-18-40(2)26-42(55)4)20-24-61(59)73(60)62-56(49-28-43(37-66)27-44(29-49)38-67)34-51(35-57(62)50-30-52(68-5)36-53(31-50)69-6)65-71-63(45-13-9-7-10-14-45)70-64(72-65)46-15-11-8-12-16-46;1-35-19-21-47(36(2)23-35)41-20-22-53-51(29-41)48-17-11-12-18-52(48)65(53)54-49(42-25-37(33-58)24-38(26-42)34-59)30-44(31-50(54)43-27-45(60-3)32-46(28-43)61-4)57-63-55(39-13-7-5-8-14-39)62-56(64-57)40-15-9-6-10-16-40/h7-36H,1-4H3;5-32H,1-2H3. The van der Waals surface area contributed by atoms with Gasteiger partial charge in [0, 0.05) is 77.2 Å². The highest BCUT2D eigenvalue weighted by Crippen LogP contribution is 2.51. The van der Waals surface area contributed by atoms with E-state index < -0.39 is 0 Å². The number of fused-ring (bicyclic) bond motifs is 6. The lowest BCUT2D eigenvalue weighted by Crippen LogP contribution is -2.04. The van der Waals surface area contributed by atoms with E-state index in [1.807, 2.05) is 170 Å². The molecule has 0 fully saturated rings. The van der Waals surface area contributed by atoms with Crippen LogP contribution in [0.3, 0.4) is 0 Å². The van der Waals surface area contributed by atoms with Crippen molar-refractivity contribution in [3.05, 3.63) is 453 Å². The molecule has 0 aliphatic heterocycles. The first-order chi connectivity index (χ1) is 67.4. The minimum atomic E-state index is 0.302. The van der Waals surface area contributed by atoms with E-state index in [-0.39, 0.29) is 0 Å². The van der Waals surface area contributed by atoms with E-state index in [0.29, 0.717) is 141 Å². The van der Waals surface area contributed by atoms with Gasteiger partial charge in [-0.25, -0.2) is 49.3 Å². The van der Waals surface area contributed by atoms with E-state index in [9.17, 15) is 21.0 Å². The summed E-state index contributed by atoms with van der Waals surface area (Å²) in [6.45, 7) is 45.3. The number of nitrogens with zero attached hydrogens (tertiary/aromatic N) is 16.